The lowest BCUT2D eigenvalue weighted by molar-refractivity contribution is -0.147. The largest absolute Gasteiger partial charge is 0.449 e. The first kappa shape index (κ1) is 20.5. The minimum Gasteiger partial charge on any atom is -0.449 e. The highest BCUT2D eigenvalue weighted by atomic mass is 16.5. The zero-order valence-electron chi connectivity index (χ0n) is 17.1. The van der Waals surface area contributed by atoms with Gasteiger partial charge in [0.05, 0.1) is 6.42 Å². The van der Waals surface area contributed by atoms with E-state index in [1.165, 1.54) is 0 Å². The molecule has 0 saturated carbocycles. The second kappa shape index (κ2) is 9.33. The van der Waals surface area contributed by atoms with Crippen LogP contribution in [-0.4, -0.2) is 11.8 Å². The lowest BCUT2D eigenvalue weighted by Crippen LogP contribution is -2.21. The van der Waals surface area contributed by atoms with Gasteiger partial charge in [-0.05, 0) is 25.3 Å². The Labute approximate surface area is 172 Å². The van der Waals surface area contributed by atoms with Crippen LogP contribution >= 0.6 is 0 Å². The van der Waals surface area contributed by atoms with Crippen LogP contribution in [0.1, 0.15) is 58.0 Å². The van der Waals surface area contributed by atoms with Crippen LogP contribution in [0, 0.1) is 13.8 Å². The van der Waals surface area contributed by atoms with Gasteiger partial charge in [-0.25, -0.2) is 0 Å². The lowest BCUT2D eigenvalue weighted by atomic mass is 9.97. The van der Waals surface area contributed by atoms with E-state index in [2.05, 4.69) is 0 Å². The van der Waals surface area contributed by atoms with Crippen molar-refractivity contribution in [3.8, 4) is 0 Å². The number of ketones is 1. The summed E-state index contributed by atoms with van der Waals surface area (Å²) in [6.45, 7) is 5.93. The van der Waals surface area contributed by atoms with Crippen molar-refractivity contribution in [2.75, 3.05) is 0 Å². The second-order valence-corrected chi connectivity index (χ2v) is 7.53. The molecule has 3 aromatic carbocycles. The quantitative estimate of drug-likeness (QED) is 0.371. The Morgan fingerprint density at radius 2 is 1.31 bits per heavy atom. The van der Waals surface area contributed by atoms with E-state index in [1.807, 2.05) is 87.5 Å². The van der Waals surface area contributed by atoms with Gasteiger partial charge < -0.3 is 4.74 Å². The molecular weight excluding hydrogens is 360 g/mol. The smallest absolute Gasteiger partial charge is 0.307 e. The number of benzene rings is 3. The van der Waals surface area contributed by atoms with Crippen molar-refractivity contribution in [1.29, 1.82) is 0 Å². The molecule has 0 aliphatic carbocycles. The number of aryl methyl sites for hydroxylation is 2. The van der Waals surface area contributed by atoms with Gasteiger partial charge in [-0.1, -0.05) is 96.9 Å². The van der Waals surface area contributed by atoms with Gasteiger partial charge in [0.25, 0.3) is 0 Å². The molecule has 0 bridgehead atoms. The topological polar surface area (TPSA) is 43.4 Å². The molecule has 0 unspecified atom stereocenters. The highest BCUT2D eigenvalue weighted by Gasteiger charge is 2.27. The fourth-order valence-corrected chi connectivity index (χ4v) is 3.21. The molecule has 2 atom stereocenters. The van der Waals surface area contributed by atoms with E-state index >= 15 is 0 Å². The van der Waals surface area contributed by atoms with Gasteiger partial charge in [0.1, 0.15) is 0 Å². The molecule has 0 aliphatic rings. The molecule has 0 heterocycles. The monoisotopic (exact) mass is 386 g/mol. The van der Waals surface area contributed by atoms with Gasteiger partial charge >= 0.3 is 5.97 Å². The van der Waals surface area contributed by atoms with Crippen molar-refractivity contribution in [3.05, 3.63) is 107 Å². The molecule has 0 aliphatic heterocycles. The zero-order valence-corrected chi connectivity index (χ0v) is 17.1. The number of hydrogen-bond donors (Lipinski definition) is 0. The summed E-state index contributed by atoms with van der Waals surface area (Å²) in [5.41, 5.74) is 4.44. The van der Waals surface area contributed by atoms with Crippen molar-refractivity contribution in [3.63, 3.8) is 0 Å². The maximum absolute atomic E-state index is 13.2. The Hall–Kier alpha value is -3.20. The number of Topliss-reactive ketones (excluding diaryl/α,β-unsaturated/α-hetero) is 1. The SMILES string of the molecule is Cc1ccc(C(=O)[C@H](OC(=O)C[C@@H](C)c2ccccc2)c2ccc(C)cc2)cc1. The molecule has 3 aromatic rings. The van der Waals surface area contributed by atoms with Crippen LogP contribution in [0.2, 0.25) is 0 Å². The molecule has 0 spiro atoms. The highest BCUT2D eigenvalue weighted by Crippen LogP contribution is 2.26. The molecule has 0 amide bonds. The standard InChI is InChI=1S/C26H26O3/c1-18-9-13-22(14-10-18)25(28)26(23-15-11-19(2)12-16-23)29-24(27)17-20(3)21-7-5-4-6-8-21/h4-16,20,26H,17H2,1-3H3/t20-,26-/m1/s1. The summed E-state index contributed by atoms with van der Waals surface area (Å²) in [5.74, 6) is -0.584. The summed E-state index contributed by atoms with van der Waals surface area (Å²) < 4.78 is 5.73. The van der Waals surface area contributed by atoms with Gasteiger partial charge in [-0.2, -0.15) is 0 Å². The van der Waals surface area contributed by atoms with Crippen LogP contribution in [0.3, 0.4) is 0 Å². The number of esters is 1. The first-order valence-corrected chi connectivity index (χ1v) is 9.86. The van der Waals surface area contributed by atoms with E-state index in [9.17, 15) is 9.59 Å². The molecule has 3 heteroatoms. The number of ether oxygens (including phenoxy) is 1. The maximum atomic E-state index is 13.2. The van der Waals surface area contributed by atoms with E-state index in [1.54, 1.807) is 12.1 Å². The van der Waals surface area contributed by atoms with Crippen LogP contribution in [0.15, 0.2) is 78.9 Å². The normalized spacial score (nSPS) is 12.8. The molecule has 3 nitrogen and oxygen atoms in total. The van der Waals surface area contributed by atoms with E-state index < -0.39 is 6.10 Å². The predicted molar refractivity (Wildman–Crippen MR) is 115 cm³/mol. The molecule has 0 saturated heterocycles. The lowest BCUT2D eigenvalue weighted by Gasteiger charge is -2.19. The third-order valence-electron chi connectivity index (χ3n) is 5.05. The second-order valence-electron chi connectivity index (χ2n) is 7.53. The Balaban J connectivity index is 1.81. The summed E-state index contributed by atoms with van der Waals surface area (Å²) in [7, 11) is 0. The molecule has 29 heavy (non-hydrogen) atoms. The van der Waals surface area contributed by atoms with E-state index in [4.69, 9.17) is 4.74 Å². The summed E-state index contributed by atoms with van der Waals surface area (Å²) in [4.78, 5) is 25.8. The van der Waals surface area contributed by atoms with E-state index in [0.29, 0.717) is 11.1 Å². The fraction of sp³-hybridized carbons (Fsp3) is 0.231. The Kier molecular flexibility index (Phi) is 6.61. The number of rotatable bonds is 7. The van der Waals surface area contributed by atoms with Crippen molar-refractivity contribution in [2.45, 2.75) is 39.2 Å². The summed E-state index contributed by atoms with van der Waals surface area (Å²) in [6, 6.07) is 24.7. The van der Waals surface area contributed by atoms with Crippen molar-refractivity contribution < 1.29 is 14.3 Å². The molecular formula is C26H26O3. The zero-order chi connectivity index (χ0) is 20.8. The van der Waals surface area contributed by atoms with E-state index in [-0.39, 0.29) is 24.1 Å². The molecule has 0 N–H and O–H groups in total. The summed E-state index contributed by atoms with van der Waals surface area (Å²) in [5, 5.41) is 0. The summed E-state index contributed by atoms with van der Waals surface area (Å²) in [6.07, 6.45) is -0.734. The van der Waals surface area contributed by atoms with Crippen molar-refractivity contribution >= 4 is 11.8 Å². The van der Waals surface area contributed by atoms with Gasteiger partial charge in [0.2, 0.25) is 5.78 Å². The molecule has 3 rings (SSSR count). The number of carbonyl (C=O) groups excluding carboxylic acids is 2. The average Bonchev–Trinajstić information content (AvgIpc) is 2.73. The Bertz CT molecular complexity index is 957. The predicted octanol–water partition coefficient (Wildman–Crippen LogP) is 5.96. The third kappa shape index (κ3) is 5.41. The third-order valence-corrected chi connectivity index (χ3v) is 5.05. The Morgan fingerprint density at radius 3 is 1.90 bits per heavy atom. The Morgan fingerprint density at radius 1 is 0.759 bits per heavy atom. The molecule has 0 fully saturated rings. The minimum absolute atomic E-state index is 0.0110. The molecule has 0 aromatic heterocycles. The van der Waals surface area contributed by atoms with E-state index in [0.717, 1.165) is 16.7 Å². The van der Waals surface area contributed by atoms with Gasteiger partial charge in [-0.3, -0.25) is 9.59 Å². The highest BCUT2D eigenvalue weighted by molar-refractivity contribution is 6.01. The maximum Gasteiger partial charge on any atom is 0.307 e. The summed E-state index contributed by atoms with van der Waals surface area (Å²) >= 11 is 0. The van der Waals surface area contributed by atoms with Crippen molar-refractivity contribution in [2.24, 2.45) is 0 Å². The van der Waals surface area contributed by atoms with Gasteiger partial charge in [0.15, 0.2) is 6.10 Å². The molecule has 0 radical (unpaired) electrons. The van der Waals surface area contributed by atoms with Crippen LogP contribution in [0.5, 0.6) is 0 Å². The number of hydrogen-bond acceptors (Lipinski definition) is 3. The van der Waals surface area contributed by atoms with Crippen LogP contribution in [0.25, 0.3) is 0 Å². The first-order valence-electron chi connectivity index (χ1n) is 9.86. The molecule has 148 valence electrons. The minimum atomic E-state index is -0.950. The average molecular weight is 386 g/mol. The van der Waals surface area contributed by atoms with Gasteiger partial charge in [0, 0.05) is 11.1 Å². The first-order chi connectivity index (χ1) is 13.9. The van der Waals surface area contributed by atoms with Crippen LogP contribution < -0.4 is 0 Å². The fourth-order valence-electron chi connectivity index (χ4n) is 3.21. The van der Waals surface area contributed by atoms with Gasteiger partial charge in [-0.15, -0.1) is 0 Å². The number of carbonyl (C=O) groups is 2. The van der Waals surface area contributed by atoms with Crippen LogP contribution in [-0.2, 0) is 9.53 Å². The van der Waals surface area contributed by atoms with Crippen LogP contribution in [0.4, 0.5) is 0 Å². The van der Waals surface area contributed by atoms with Crippen molar-refractivity contribution in [1.82, 2.24) is 0 Å².